The molecule has 44 heavy (non-hydrogen) atoms. The van der Waals surface area contributed by atoms with Gasteiger partial charge in [-0.15, -0.1) is 0 Å². The fourth-order valence-electron chi connectivity index (χ4n) is 9.01. The van der Waals surface area contributed by atoms with Gasteiger partial charge in [0, 0.05) is 37.2 Å². The second kappa shape index (κ2) is 11.5. The van der Waals surface area contributed by atoms with Crippen molar-refractivity contribution in [3.05, 3.63) is 56.6 Å². The number of aromatic hydroxyl groups is 1. The molecule has 2 heterocycles. The summed E-state index contributed by atoms with van der Waals surface area (Å²) in [5.41, 5.74) is 2.99. The van der Waals surface area contributed by atoms with Crippen molar-refractivity contribution in [3.8, 4) is 11.5 Å². The number of likely N-dealkylation sites (tertiary alicyclic amines) is 1. The summed E-state index contributed by atoms with van der Waals surface area (Å²) >= 11 is 12.5. The molecule has 3 fully saturated rings. The fraction of sp³-hybridized carbons (Fsp3) is 0.600. The van der Waals surface area contributed by atoms with Gasteiger partial charge in [0.05, 0.1) is 28.1 Å². The maximum atomic E-state index is 14.2. The zero-order chi connectivity index (χ0) is 30.9. The second-order valence-corrected chi connectivity index (χ2v) is 15.0. The van der Waals surface area contributed by atoms with E-state index in [1.807, 2.05) is 17.0 Å². The van der Waals surface area contributed by atoms with Gasteiger partial charge >= 0.3 is 0 Å². The first-order valence-electron chi connectivity index (χ1n) is 16.2. The van der Waals surface area contributed by atoms with Crippen molar-refractivity contribution in [2.45, 2.75) is 82.4 Å². The summed E-state index contributed by atoms with van der Waals surface area (Å²) in [5, 5.41) is 12.5. The number of nitrogens with zero attached hydrogens (tertiary/aromatic N) is 2. The summed E-state index contributed by atoms with van der Waals surface area (Å²) in [6, 6.07) is 7.49. The van der Waals surface area contributed by atoms with E-state index < -0.39 is 0 Å². The van der Waals surface area contributed by atoms with Gasteiger partial charge in [0.15, 0.2) is 17.3 Å². The van der Waals surface area contributed by atoms with Crippen molar-refractivity contribution in [1.82, 2.24) is 9.80 Å². The minimum Gasteiger partial charge on any atom is -0.504 e. The predicted octanol–water partition coefficient (Wildman–Crippen LogP) is 6.07. The van der Waals surface area contributed by atoms with Gasteiger partial charge in [0.1, 0.15) is 12.7 Å². The lowest BCUT2D eigenvalue weighted by atomic mass is 9.50. The van der Waals surface area contributed by atoms with Gasteiger partial charge in [-0.05, 0) is 92.1 Å². The molecule has 0 radical (unpaired) electrons. The Bertz CT molecular complexity index is 1490. The largest absolute Gasteiger partial charge is 0.504 e. The Morgan fingerprint density at radius 1 is 1.16 bits per heavy atom. The summed E-state index contributed by atoms with van der Waals surface area (Å²) in [4.78, 5) is 32.0. The molecule has 3 aliphatic carbocycles. The van der Waals surface area contributed by atoms with Crippen LogP contribution in [0, 0.1) is 17.8 Å². The number of phenols is 1. The lowest BCUT2D eigenvalue weighted by Gasteiger charge is -2.60. The molecule has 9 heteroatoms. The van der Waals surface area contributed by atoms with Gasteiger partial charge in [-0.1, -0.05) is 43.1 Å². The second-order valence-electron chi connectivity index (χ2n) is 14.1. The first-order valence-corrected chi connectivity index (χ1v) is 16.9. The number of amides is 1. The number of hydrogen-bond donors (Lipinski definition) is 1. The van der Waals surface area contributed by atoms with Crippen molar-refractivity contribution in [3.63, 3.8) is 0 Å². The molecular formula is C35H42Cl2N2O5. The molecule has 2 bridgehead atoms. The number of phenolic OH excluding ortho intramolecular Hbond substituents is 1. The van der Waals surface area contributed by atoms with Gasteiger partial charge in [-0.3, -0.25) is 14.5 Å². The van der Waals surface area contributed by atoms with Crippen LogP contribution in [0.4, 0.5) is 0 Å². The average Bonchev–Trinajstić information content (AvgIpc) is 3.73. The van der Waals surface area contributed by atoms with Crippen LogP contribution in [-0.4, -0.2) is 78.1 Å². The van der Waals surface area contributed by atoms with Crippen LogP contribution >= 0.6 is 23.2 Å². The van der Waals surface area contributed by atoms with E-state index in [1.165, 1.54) is 20.0 Å². The number of carbonyl (C=O) groups excluding carboxylic acids is 2. The Morgan fingerprint density at radius 2 is 1.95 bits per heavy atom. The number of Topliss-reactive ketones (excluding diaryl/α,β-unsaturated/α-hetero) is 1. The summed E-state index contributed by atoms with van der Waals surface area (Å²) in [6.07, 6.45) is 6.14. The third-order valence-electron chi connectivity index (χ3n) is 10.9. The van der Waals surface area contributed by atoms with Crippen molar-refractivity contribution in [2.24, 2.45) is 17.8 Å². The molecule has 5 atom stereocenters. The SMILES string of the molecule is COCC(=O)c1cc2c3c(c1O)OC1C(N(CC(C)C)C(=O)Cc4ccc(Cl)c(Cl)c4)CC[C@H]4[C@@H](C2)N(CC2CC2)CC[C@]314. The highest BCUT2D eigenvalue weighted by atomic mass is 35.5. The third-order valence-corrected chi connectivity index (χ3v) is 11.6. The van der Waals surface area contributed by atoms with Gasteiger partial charge in [-0.25, -0.2) is 0 Å². The first-order chi connectivity index (χ1) is 21.1. The van der Waals surface area contributed by atoms with Gasteiger partial charge < -0.3 is 19.5 Å². The van der Waals surface area contributed by atoms with Crippen LogP contribution in [0.3, 0.4) is 0 Å². The molecule has 1 spiro atoms. The molecule has 1 amide bonds. The molecule has 236 valence electrons. The summed E-state index contributed by atoms with van der Waals surface area (Å²) in [5.74, 6) is 1.58. The molecule has 1 saturated heterocycles. The number of benzene rings is 2. The number of rotatable bonds is 10. The summed E-state index contributed by atoms with van der Waals surface area (Å²) in [7, 11) is 1.49. The maximum Gasteiger partial charge on any atom is 0.227 e. The minimum atomic E-state index is -0.310. The van der Waals surface area contributed by atoms with Crippen molar-refractivity contribution >= 4 is 34.9 Å². The Labute approximate surface area is 269 Å². The maximum absolute atomic E-state index is 14.2. The Morgan fingerprint density at radius 3 is 2.66 bits per heavy atom. The van der Waals surface area contributed by atoms with E-state index in [0.717, 1.165) is 61.4 Å². The van der Waals surface area contributed by atoms with Crippen molar-refractivity contribution in [2.75, 3.05) is 33.4 Å². The summed E-state index contributed by atoms with van der Waals surface area (Å²) in [6.45, 7) is 6.89. The number of hydrogen-bond acceptors (Lipinski definition) is 6. The Balaban J connectivity index is 1.30. The molecule has 2 aromatic carbocycles. The molecule has 1 N–H and O–H groups in total. The lowest BCUT2D eigenvalue weighted by molar-refractivity contribution is -0.143. The number of halogens is 2. The van der Waals surface area contributed by atoms with Crippen molar-refractivity contribution in [1.29, 1.82) is 0 Å². The quantitative estimate of drug-likeness (QED) is 0.318. The van der Waals surface area contributed by atoms with E-state index >= 15 is 0 Å². The topological polar surface area (TPSA) is 79.3 Å². The van der Waals surface area contributed by atoms with E-state index in [9.17, 15) is 14.7 Å². The fourth-order valence-corrected chi connectivity index (χ4v) is 9.33. The van der Waals surface area contributed by atoms with Crippen LogP contribution in [0.5, 0.6) is 11.5 Å². The standard InChI is InChI=1S/C35H42Cl2N2O5/c1-19(2)16-39(30(41)13-21-6-8-25(36)26(37)12-21)27-9-7-24-28-15-22-14-23(29(40)18-43-3)32(42)33-31(22)35(24,34(27)44-33)10-11-38(28)17-20-4-5-20/h6,8,12,14,19-20,24,27-28,34,42H,4-5,7,9-11,13,15-18H2,1-3H3/t24-,27?,28+,34?,35-/m0/s1. The monoisotopic (exact) mass is 640 g/mol. The number of piperidine rings is 1. The Kier molecular flexibility index (Phi) is 7.92. The molecule has 7 rings (SSSR count). The van der Waals surface area contributed by atoms with Crippen LogP contribution in [-0.2, 0) is 27.8 Å². The van der Waals surface area contributed by atoms with Gasteiger partial charge in [0.25, 0.3) is 0 Å². The zero-order valence-corrected chi connectivity index (χ0v) is 27.3. The number of ketones is 1. The van der Waals surface area contributed by atoms with Crippen LogP contribution in [0.1, 0.15) is 73.0 Å². The van der Waals surface area contributed by atoms with Gasteiger partial charge in [0.2, 0.25) is 5.91 Å². The van der Waals surface area contributed by atoms with E-state index in [1.54, 1.807) is 12.1 Å². The highest BCUT2D eigenvalue weighted by Crippen LogP contribution is 2.65. The van der Waals surface area contributed by atoms with Crippen molar-refractivity contribution < 1.29 is 24.2 Å². The molecule has 2 unspecified atom stereocenters. The normalized spacial score (nSPS) is 28.5. The Hall–Kier alpha value is -2.32. The van der Waals surface area contributed by atoms with E-state index in [0.29, 0.717) is 34.3 Å². The predicted molar refractivity (Wildman–Crippen MR) is 170 cm³/mol. The molecule has 7 nitrogen and oxygen atoms in total. The van der Waals surface area contributed by atoms with Crippen LogP contribution in [0.25, 0.3) is 0 Å². The molecule has 2 aliphatic heterocycles. The van der Waals surface area contributed by atoms with Gasteiger partial charge in [-0.2, -0.15) is 0 Å². The molecule has 5 aliphatic rings. The summed E-state index contributed by atoms with van der Waals surface area (Å²) < 4.78 is 12.1. The molecule has 2 saturated carbocycles. The van der Waals surface area contributed by atoms with E-state index in [4.69, 9.17) is 32.7 Å². The third kappa shape index (κ3) is 4.94. The van der Waals surface area contributed by atoms with E-state index in [-0.39, 0.29) is 59.5 Å². The molecular weight excluding hydrogens is 599 g/mol. The number of carbonyl (C=O) groups is 2. The van der Waals surface area contributed by atoms with E-state index in [2.05, 4.69) is 18.7 Å². The highest BCUT2D eigenvalue weighted by Gasteiger charge is 2.67. The highest BCUT2D eigenvalue weighted by molar-refractivity contribution is 6.42. The zero-order valence-electron chi connectivity index (χ0n) is 25.8. The first kappa shape index (κ1) is 30.3. The molecule has 0 aromatic heterocycles. The smallest absolute Gasteiger partial charge is 0.227 e. The molecule has 2 aromatic rings. The van der Waals surface area contributed by atoms with Crippen LogP contribution < -0.4 is 4.74 Å². The number of ether oxygens (including phenoxy) is 2. The average molecular weight is 642 g/mol. The minimum absolute atomic E-state index is 0.0374. The van der Waals surface area contributed by atoms with Crippen LogP contribution in [0.2, 0.25) is 10.0 Å². The van der Waals surface area contributed by atoms with Crippen LogP contribution in [0.15, 0.2) is 24.3 Å². The lowest BCUT2D eigenvalue weighted by Crippen LogP contribution is -2.69. The number of methoxy groups -OCH3 is 1.